The molecule has 0 saturated carbocycles. The van der Waals surface area contributed by atoms with Gasteiger partial charge in [0, 0.05) is 12.0 Å². The van der Waals surface area contributed by atoms with E-state index in [2.05, 4.69) is 22.1 Å². The fraction of sp³-hybridized carbons (Fsp3) is 0.294. The fourth-order valence-electron chi connectivity index (χ4n) is 2.30. The monoisotopic (exact) mass is 297 g/mol. The maximum atomic E-state index is 5.71. The predicted octanol–water partition coefficient (Wildman–Crippen LogP) is 3.39. The molecule has 1 aromatic carbocycles. The van der Waals surface area contributed by atoms with Crippen molar-refractivity contribution in [1.82, 2.24) is 15.1 Å². The summed E-state index contributed by atoms with van der Waals surface area (Å²) in [4.78, 5) is 2.17. The Balaban J connectivity index is 1.49. The Morgan fingerprint density at radius 1 is 1.05 bits per heavy atom. The highest BCUT2D eigenvalue weighted by Gasteiger charge is 2.10. The predicted molar refractivity (Wildman–Crippen MR) is 83.1 cm³/mol. The molecule has 2 heterocycles. The van der Waals surface area contributed by atoms with Crippen LogP contribution in [0.3, 0.4) is 0 Å². The number of nitrogens with zero attached hydrogens (tertiary/aromatic N) is 3. The summed E-state index contributed by atoms with van der Waals surface area (Å²) in [5.41, 5.74) is 0.946. The SMILES string of the molecule is CN(CCCc1ccco1)Cc1nnc(-c2ccccc2)o1. The van der Waals surface area contributed by atoms with Crippen molar-refractivity contribution in [2.45, 2.75) is 19.4 Å². The van der Waals surface area contributed by atoms with Crippen LogP contribution in [-0.4, -0.2) is 28.7 Å². The molecule has 2 aromatic heterocycles. The zero-order valence-electron chi connectivity index (χ0n) is 12.6. The molecule has 0 amide bonds. The summed E-state index contributed by atoms with van der Waals surface area (Å²) in [5.74, 6) is 2.23. The molecular weight excluding hydrogens is 278 g/mol. The molecule has 0 spiro atoms. The molecule has 3 aromatic rings. The van der Waals surface area contributed by atoms with Gasteiger partial charge in [-0.1, -0.05) is 18.2 Å². The second-order valence-corrected chi connectivity index (χ2v) is 5.29. The number of hydrogen-bond acceptors (Lipinski definition) is 5. The molecule has 22 heavy (non-hydrogen) atoms. The van der Waals surface area contributed by atoms with Gasteiger partial charge in [0.05, 0.1) is 12.8 Å². The molecule has 3 rings (SSSR count). The van der Waals surface area contributed by atoms with Gasteiger partial charge in [-0.15, -0.1) is 10.2 Å². The summed E-state index contributed by atoms with van der Waals surface area (Å²) in [6, 6.07) is 13.7. The largest absolute Gasteiger partial charge is 0.469 e. The minimum absolute atomic E-state index is 0.569. The van der Waals surface area contributed by atoms with Gasteiger partial charge in [-0.2, -0.15) is 0 Å². The second kappa shape index (κ2) is 7.04. The van der Waals surface area contributed by atoms with E-state index < -0.39 is 0 Å². The van der Waals surface area contributed by atoms with Gasteiger partial charge in [-0.3, -0.25) is 4.90 Å². The molecule has 0 aliphatic carbocycles. The Morgan fingerprint density at radius 2 is 1.91 bits per heavy atom. The van der Waals surface area contributed by atoms with E-state index in [-0.39, 0.29) is 0 Å². The maximum Gasteiger partial charge on any atom is 0.247 e. The molecule has 0 bridgehead atoms. The van der Waals surface area contributed by atoms with Gasteiger partial charge in [0.25, 0.3) is 0 Å². The first-order chi connectivity index (χ1) is 10.8. The summed E-state index contributed by atoms with van der Waals surface area (Å²) in [6.07, 6.45) is 3.68. The lowest BCUT2D eigenvalue weighted by atomic mass is 10.2. The second-order valence-electron chi connectivity index (χ2n) is 5.29. The van der Waals surface area contributed by atoms with E-state index in [1.807, 2.05) is 42.5 Å². The van der Waals surface area contributed by atoms with Crippen molar-refractivity contribution in [3.63, 3.8) is 0 Å². The van der Waals surface area contributed by atoms with E-state index in [9.17, 15) is 0 Å². The zero-order valence-corrected chi connectivity index (χ0v) is 12.6. The van der Waals surface area contributed by atoms with Crippen molar-refractivity contribution in [1.29, 1.82) is 0 Å². The van der Waals surface area contributed by atoms with Crippen molar-refractivity contribution in [2.24, 2.45) is 0 Å². The van der Waals surface area contributed by atoms with Crippen LogP contribution in [-0.2, 0) is 13.0 Å². The van der Waals surface area contributed by atoms with Crippen molar-refractivity contribution in [2.75, 3.05) is 13.6 Å². The maximum absolute atomic E-state index is 5.71. The Hall–Kier alpha value is -2.40. The molecule has 0 fully saturated rings. The first-order valence-corrected chi connectivity index (χ1v) is 7.40. The van der Waals surface area contributed by atoms with Crippen LogP contribution < -0.4 is 0 Å². The minimum Gasteiger partial charge on any atom is -0.469 e. The van der Waals surface area contributed by atoms with Crippen LogP contribution >= 0.6 is 0 Å². The Labute approximate surface area is 129 Å². The highest BCUT2D eigenvalue weighted by atomic mass is 16.4. The van der Waals surface area contributed by atoms with Crippen LogP contribution in [0.15, 0.2) is 57.6 Å². The van der Waals surface area contributed by atoms with Crippen molar-refractivity contribution in [3.8, 4) is 11.5 Å². The van der Waals surface area contributed by atoms with Crippen LogP contribution in [0.5, 0.6) is 0 Å². The van der Waals surface area contributed by atoms with Crippen molar-refractivity contribution >= 4 is 0 Å². The number of aromatic nitrogens is 2. The third-order valence-electron chi connectivity index (χ3n) is 3.44. The molecule has 0 radical (unpaired) electrons. The average molecular weight is 297 g/mol. The molecule has 0 aliphatic heterocycles. The smallest absolute Gasteiger partial charge is 0.247 e. The molecule has 5 heteroatoms. The standard InChI is InChI=1S/C17H19N3O2/c1-20(11-5-9-15-10-6-12-21-15)13-16-18-19-17(22-16)14-7-3-2-4-8-14/h2-4,6-8,10,12H,5,9,11,13H2,1H3. The number of benzene rings is 1. The molecule has 0 atom stereocenters. The molecule has 0 aliphatic rings. The molecule has 0 saturated heterocycles. The van der Waals surface area contributed by atoms with Crippen molar-refractivity contribution in [3.05, 3.63) is 60.4 Å². The van der Waals surface area contributed by atoms with E-state index >= 15 is 0 Å². The third-order valence-corrected chi connectivity index (χ3v) is 3.44. The lowest BCUT2D eigenvalue weighted by Crippen LogP contribution is -2.19. The van der Waals surface area contributed by atoms with Gasteiger partial charge in [0.1, 0.15) is 5.76 Å². The Bertz CT molecular complexity index is 677. The van der Waals surface area contributed by atoms with Crippen molar-refractivity contribution < 1.29 is 8.83 Å². The number of furan rings is 1. The summed E-state index contributed by atoms with van der Waals surface area (Å²) in [7, 11) is 2.05. The van der Waals surface area contributed by atoms with E-state index in [0.29, 0.717) is 18.3 Å². The molecule has 114 valence electrons. The highest BCUT2D eigenvalue weighted by Crippen LogP contribution is 2.17. The first kappa shape index (κ1) is 14.5. The summed E-state index contributed by atoms with van der Waals surface area (Å²) >= 11 is 0. The van der Waals surface area contributed by atoms with Gasteiger partial charge < -0.3 is 8.83 Å². The van der Waals surface area contributed by atoms with Crippen LogP contribution in [0.2, 0.25) is 0 Å². The topological polar surface area (TPSA) is 55.3 Å². The van der Waals surface area contributed by atoms with Crippen LogP contribution in [0.4, 0.5) is 0 Å². The van der Waals surface area contributed by atoms with E-state index in [0.717, 1.165) is 30.7 Å². The minimum atomic E-state index is 0.569. The Kier molecular flexibility index (Phi) is 4.65. The third kappa shape index (κ3) is 3.83. The summed E-state index contributed by atoms with van der Waals surface area (Å²) in [6.45, 7) is 1.60. The van der Waals surface area contributed by atoms with Gasteiger partial charge in [0.2, 0.25) is 11.8 Å². The lowest BCUT2D eigenvalue weighted by molar-refractivity contribution is 0.284. The normalized spacial score (nSPS) is 11.2. The summed E-state index contributed by atoms with van der Waals surface area (Å²) in [5, 5.41) is 8.22. The first-order valence-electron chi connectivity index (χ1n) is 7.40. The quantitative estimate of drug-likeness (QED) is 0.669. The van der Waals surface area contributed by atoms with Crippen LogP contribution in [0, 0.1) is 0 Å². The van der Waals surface area contributed by atoms with E-state index in [1.165, 1.54) is 0 Å². The van der Waals surface area contributed by atoms with E-state index in [4.69, 9.17) is 8.83 Å². The Morgan fingerprint density at radius 3 is 2.68 bits per heavy atom. The van der Waals surface area contributed by atoms with Gasteiger partial charge in [-0.05, 0) is 44.3 Å². The van der Waals surface area contributed by atoms with Crippen LogP contribution in [0.1, 0.15) is 18.1 Å². The van der Waals surface area contributed by atoms with E-state index in [1.54, 1.807) is 6.26 Å². The van der Waals surface area contributed by atoms with Gasteiger partial charge in [-0.25, -0.2) is 0 Å². The number of hydrogen-bond donors (Lipinski definition) is 0. The summed E-state index contributed by atoms with van der Waals surface area (Å²) < 4.78 is 11.0. The van der Waals surface area contributed by atoms with Crippen LogP contribution in [0.25, 0.3) is 11.5 Å². The highest BCUT2D eigenvalue weighted by molar-refractivity contribution is 5.51. The molecule has 0 N–H and O–H groups in total. The lowest BCUT2D eigenvalue weighted by Gasteiger charge is -2.13. The average Bonchev–Trinajstić information content (AvgIpc) is 3.20. The van der Waals surface area contributed by atoms with Gasteiger partial charge in [0.15, 0.2) is 0 Å². The molecule has 0 unspecified atom stereocenters. The molecule has 5 nitrogen and oxygen atoms in total. The fourth-order valence-corrected chi connectivity index (χ4v) is 2.30. The number of aryl methyl sites for hydroxylation is 1. The number of rotatable bonds is 7. The zero-order chi connectivity index (χ0) is 15.2. The molecular formula is C17H19N3O2. The van der Waals surface area contributed by atoms with Gasteiger partial charge >= 0.3 is 0 Å².